The summed E-state index contributed by atoms with van der Waals surface area (Å²) in [7, 11) is 0. The minimum Gasteiger partial charge on any atom is -0.793 e. The molecule has 0 aliphatic carbocycles. The molecule has 304 valence electrons. The topological polar surface area (TPSA) is 93.3 Å². The fourth-order valence-corrected chi connectivity index (χ4v) is 7.86. The van der Waals surface area contributed by atoms with Gasteiger partial charge in [0.1, 0.15) is 0 Å². The molecule has 8 heteroatoms. The quantitative estimate of drug-likeness (QED) is 0.154. The molecule has 8 bridgehead atoms. The summed E-state index contributed by atoms with van der Waals surface area (Å²) in [5.41, 5.74) is 25.7. The van der Waals surface area contributed by atoms with Crippen LogP contribution in [0.25, 0.3) is 96.5 Å². The second kappa shape index (κ2) is 20.1. The molecule has 0 saturated carbocycles. The fourth-order valence-electron chi connectivity index (χ4n) is 7.39. The van der Waals surface area contributed by atoms with Crippen molar-refractivity contribution in [3.8, 4) is 44.5 Å². The Hall–Kier alpha value is -5.93. The number of rotatable bonds is 6. The van der Waals surface area contributed by atoms with Gasteiger partial charge in [-0.15, -0.1) is 22.1 Å². The van der Waals surface area contributed by atoms with Gasteiger partial charge in [0, 0.05) is 0 Å². The molecule has 0 fully saturated rings. The second-order valence-electron chi connectivity index (χ2n) is 15.7. The van der Waals surface area contributed by atoms with Crippen LogP contribution in [-0.4, -0.2) is 15.7 Å². The zero-order valence-corrected chi connectivity index (χ0v) is 38.6. The summed E-state index contributed by atoms with van der Waals surface area (Å²) in [6.07, 6.45) is 9.67. The number of nitroso groups, excluding NO2 is 1. The Balaban J connectivity index is 0.000000639. The molecule has 0 radical (unpaired) electrons. The Kier molecular flexibility index (Phi) is 14.7. The maximum Gasteiger partial charge on any atom is 4.00 e. The van der Waals surface area contributed by atoms with E-state index in [0.717, 1.165) is 101 Å². The summed E-state index contributed by atoms with van der Waals surface area (Å²) in [5.74, 6) is 1.71. The molecule has 5 heterocycles. The number of hydrogen-bond donors (Lipinski definition) is 0. The van der Waals surface area contributed by atoms with Crippen molar-refractivity contribution in [2.45, 2.75) is 48.0 Å². The van der Waals surface area contributed by atoms with E-state index in [2.05, 4.69) is 187 Å². The van der Waals surface area contributed by atoms with E-state index in [1.807, 2.05) is 0 Å². The van der Waals surface area contributed by atoms with Crippen molar-refractivity contribution in [1.82, 2.24) is 19.9 Å². The predicted molar refractivity (Wildman–Crippen MR) is 256 cm³/mol. The Labute approximate surface area is 377 Å². The van der Waals surface area contributed by atoms with E-state index in [4.69, 9.17) is 43.1 Å². The average Bonchev–Trinajstić information content (AvgIpc) is 4.10. The molecule has 0 spiro atoms. The van der Waals surface area contributed by atoms with Gasteiger partial charge in [-0.1, -0.05) is 164 Å². The third-order valence-corrected chi connectivity index (χ3v) is 10.9. The van der Waals surface area contributed by atoms with Crippen LogP contribution in [0.3, 0.4) is 0 Å². The third kappa shape index (κ3) is 10.00. The van der Waals surface area contributed by atoms with E-state index < -0.39 is 0 Å². The van der Waals surface area contributed by atoms with Gasteiger partial charge in [-0.2, -0.15) is 5.75 Å². The zero-order valence-electron chi connectivity index (χ0n) is 35.3. The standard InChI is InChI=1S/C48H36N4.C5H12S.NO.Os/c1-29-5-13-33(14-6-29)45-37-21-23-39(49-37)46(34-15-7-30(2)8-16-34)41-25-27-43(51-41)48(36-19-11-32(4)12-20-36)44-28-26-42(52-44)47(40-24-22-38(45)50-40)35-17-9-31(3)10-18-35;1-5(2)3-4-6;1-2;/h5-28H,1-4H3;5-6H,3-4H2,1-2H3;;/q-2;;-1;+4/p-1. The van der Waals surface area contributed by atoms with E-state index in [9.17, 15) is 0 Å². The smallest absolute Gasteiger partial charge is 0.793 e. The van der Waals surface area contributed by atoms with Crippen molar-refractivity contribution in [3.63, 3.8) is 0 Å². The first-order valence-electron chi connectivity index (χ1n) is 20.3. The van der Waals surface area contributed by atoms with Crippen LogP contribution < -0.4 is 9.97 Å². The van der Waals surface area contributed by atoms with Gasteiger partial charge in [-0.05, 0) is 102 Å². The van der Waals surface area contributed by atoms with Gasteiger partial charge >= 0.3 is 19.8 Å². The first-order valence-corrected chi connectivity index (χ1v) is 20.8. The molecule has 2 aliphatic heterocycles. The van der Waals surface area contributed by atoms with Gasteiger partial charge in [0.05, 0.1) is 22.8 Å². The van der Waals surface area contributed by atoms with Crippen molar-refractivity contribution in [3.05, 3.63) is 177 Å². The molecule has 4 aromatic carbocycles. The Bertz CT molecular complexity index is 2480. The molecule has 0 unspecified atom stereocenters. The van der Waals surface area contributed by atoms with Crippen molar-refractivity contribution in [2.24, 2.45) is 5.92 Å². The van der Waals surface area contributed by atoms with Crippen molar-refractivity contribution >= 4 is 59.0 Å². The number of hydrogen-bond acceptors (Lipinski definition) is 4. The molecule has 6 nitrogen and oxygen atoms in total. The van der Waals surface area contributed by atoms with Crippen LogP contribution in [0.5, 0.6) is 0 Å². The number of benzene rings is 4. The monoisotopic (exact) mass is 993 g/mol. The molecule has 7 aromatic rings. The number of aryl methyl sites for hydroxylation is 4. The van der Waals surface area contributed by atoms with Crippen molar-refractivity contribution < 1.29 is 19.8 Å². The summed E-state index contributed by atoms with van der Waals surface area (Å²) in [6.45, 7) is 12.8. The predicted octanol–water partition coefficient (Wildman–Crippen LogP) is 13.7. The van der Waals surface area contributed by atoms with Crippen molar-refractivity contribution in [1.29, 1.82) is 0 Å². The first kappa shape index (κ1) is 44.6. The van der Waals surface area contributed by atoms with Gasteiger partial charge < -0.3 is 33.1 Å². The second-order valence-corrected chi connectivity index (χ2v) is 16.1. The Morgan fingerprint density at radius 3 is 0.852 bits per heavy atom. The molecule has 2 aliphatic rings. The Morgan fingerprint density at radius 1 is 0.443 bits per heavy atom. The summed E-state index contributed by atoms with van der Waals surface area (Å²) in [5, 5.41) is 0. The average molecular weight is 992 g/mol. The summed E-state index contributed by atoms with van der Waals surface area (Å²) >= 11 is 4.73. The molecule has 0 N–H and O–H groups in total. The van der Waals surface area contributed by atoms with E-state index >= 15 is 0 Å². The molecular weight excluding hydrogens is 945 g/mol. The van der Waals surface area contributed by atoms with Gasteiger partial charge in [-0.3, -0.25) is 0 Å². The van der Waals surface area contributed by atoms with Crippen molar-refractivity contribution in [2.75, 3.05) is 5.75 Å². The van der Waals surface area contributed by atoms with Crippen LogP contribution in [-0.2, 0) is 32.4 Å². The minimum atomic E-state index is 0. The van der Waals surface area contributed by atoms with Gasteiger partial charge in [-0.25, -0.2) is 9.97 Å². The van der Waals surface area contributed by atoms with Crippen LogP contribution in [0.4, 0.5) is 0 Å². The van der Waals surface area contributed by atoms with Gasteiger partial charge in [0.2, 0.25) is 0 Å². The summed E-state index contributed by atoms with van der Waals surface area (Å²) < 4.78 is 0. The number of fused-ring (bicyclic) bond motifs is 8. The maximum absolute atomic E-state index is 7.25. The molecule has 0 saturated heterocycles. The third-order valence-electron chi connectivity index (χ3n) is 10.7. The fraction of sp³-hybridized carbons (Fsp3) is 0.170. The SMILES string of the molecule is CC(C)CC[S-].Cc1ccc(-c2c3nc(c(-c4ccc(C)cc4)c4ccc([n-]4)c(-c4ccc(C)cc4)c4nc(c(-c5ccc(C)cc5)c5ccc2[n-]5)C=C4)C=C3)cc1.[N-]=O.[Os+4]. The Morgan fingerprint density at radius 2 is 0.672 bits per heavy atom. The molecule has 3 aromatic heterocycles. The van der Waals surface area contributed by atoms with Crippen LogP contribution in [0.2, 0.25) is 0 Å². The molecule has 0 atom stereocenters. The molecule has 61 heavy (non-hydrogen) atoms. The van der Waals surface area contributed by atoms with E-state index in [1.165, 1.54) is 28.7 Å². The zero-order chi connectivity index (χ0) is 42.3. The van der Waals surface area contributed by atoms with Gasteiger partial charge in [0.25, 0.3) is 0 Å². The number of nitrogens with zero attached hydrogens (tertiary/aromatic N) is 5. The van der Waals surface area contributed by atoms with Crippen LogP contribution in [0.1, 0.15) is 65.3 Å². The molecule has 0 amide bonds. The maximum atomic E-state index is 7.25. The van der Waals surface area contributed by atoms with E-state index in [1.54, 1.807) is 0 Å². The van der Waals surface area contributed by atoms with E-state index in [-0.39, 0.29) is 19.8 Å². The summed E-state index contributed by atoms with van der Waals surface area (Å²) in [6, 6.07) is 43.0. The summed E-state index contributed by atoms with van der Waals surface area (Å²) in [4.78, 5) is 28.7. The van der Waals surface area contributed by atoms with Crippen LogP contribution in [0, 0.1) is 38.5 Å². The minimum absolute atomic E-state index is 0. The van der Waals surface area contributed by atoms with Crippen LogP contribution >= 0.6 is 0 Å². The van der Waals surface area contributed by atoms with E-state index in [0.29, 0.717) is 0 Å². The molecular formula is C53H47N5OOsS. The largest absolute Gasteiger partial charge is 4.00 e. The normalized spacial score (nSPS) is 11.3. The first-order chi connectivity index (χ1) is 29.1. The van der Waals surface area contributed by atoms with Crippen LogP contribution in [0.15, 0.2) is 121 Å². The van der Waals surface area contributed by atoms with Gasteiger partial charge in [0.15, 0.2) is 0 Å². The molecule has 9 rings (SSSR count). The number of aromatic nitrogens is 4.